The quantitative estimate of drug-likeness (QED) is 0.578. The van der Waals surface area contributed by atoms with Gasteiger partial charge in [0.2, 0.25) is 0 Å². The Labute approximate surface area is 93.9 Å². The van der Waals surface area contributed by atoms with E-state index in [-0.39, 0.29) is 17.9 Å². The molecule has 6 nitrogen and oxygen atoms in total. The molecule has 6 heteroatoms. The molecule has 16 heavy (non-hydrogen) atoms. The molecule has 0 aliphatic rings. The molecule has 0 aromatic carbocycles. The lowest BCUT2D eigenvalue weighted by Gasteiger charge is -2.31. The van der Waals surface area contributed by atoms with Crippen LogP contribution in [-0.4, -0.2) is 27.2 Å². The first-order valence-electron chi connectivity index (χ1n) is 5.30. The van der Waals surface area contributed by atoms with Crippen LogP contribution in [0, 0.1) is 0 Å². The number of aromatic nitrogens is 2. The van der Waals surface area contributed by atoms with Crippen LogP contribution in [0.1, 0.15) is 26.7 Å². The van der Waals surface area contributed by atoms with Gasteiger partial charge in [-0.1, -0.05) is 13.8 Å². The van der Waals surface area contributed by atoms with Gasteiger partial charge in [0.15, 0.2) is 5.82 Å². The van der Waals surface area contributed by atoms with Gasteiger partial charge in [0.1, 0.15) is 5.69 Å². The second-order valence-electron chi connectivity index (χ2n) is 3.76. The summed E-state index contributed by atoms with van der Waals surface area (Å²) in [5.74, 6) is 0.321. The molecule has 0 fully saturated rings. The first-order valence-corrected chi connectivity index (χ1v) is 5.30. The third-order valence-corrected chi connectivity index (χ3v) is 2.93. The smallest absolute Gasteiger partial charge is 0.276 e. The van der Waals surface area contributed by atoms with Crippen molar-refractivity contribution >= 4 is 11.5 Å². The predicted octanol–water partition coefficient (Wildman–Crippen LogP) is 0.315. The van der Waals surface area contributed by atoms with Crippen LogP contribution in [0.2, 0.25) is 0 Å². The van der Waals surface area contributed by atoms with E-state index in [1.54, 1.807) is 0 Å². The number of anilines is 2. The Morgan fingerprint density at radius 1 is 1.56 bits per heavy atom. The highest BCUT2D eigenvalue weighted by Gasteiger charge is 2.26. The fourth-order valence-electron chi connectivity index (χ4n) is 1.45. The summed E-state index contributed by atoms with van der Waals surface area (Å²) in [7, 11) is 0. The molecule has 0 saturated heterocycles. The standard InChI is InChI=1S/C10H18N4O2/c1-3-10(4-2,5-15)14-8-7(11)9(16)13-6-12-8/h6,15H,3-5,11H2,1-2H3,(H2,12,13,14,16). The van der Waals surface area contributed by atoms with E-state index < -0.39 is 5.54 Å². The summed E-state index contributed by atoms with van der Waals surface area (Å²) in [4.78, 5) is 17.6. The Morgan fingerprint density at radius 2 is 2.19 bits per heavy atom. The van der Waals surface area contributed by atoms with Gasteiger partial charge in [0.25, 0.3) is 5.56 Å². The molecule has 1 aromatic heterocycles. The van der Waals surface area contributed by atoms with Crippen molar-refractivity contribution < 1.29 is 5.11 Å². The second-order valence-corrected chi connectivity index (χ2v) is 3.76. The molecule has 0 aliphatic heterocycles. The van der Waals surface area contributed by atoms with E-state index in [0.29, 0.717) is 18.7 Å². The minimum absolute atomic E-state index is 0.0338. The first kappa shape index (κ1) is 12.5. The van der Waals surface area contributed by atoms with Crippen LogP contribution in [0.15, 0.2) is 11.1 Å². The maximum absolute atomic E-state index is 11.3. The Morgan fingerprint density at radius 3 is 2.69 bits per heavy atom. The maximum atomic E-state index is 11.3. The van der Waals surface area contributed by atoms with Gasteiger partial charge in [-0.05, 0) is 12.8 Å². The van der Waals surface area contributed by atoms with Crippen molar-refractivity contribution in [1.82, 2.24) is 9.97 Å². The van der Waals surface area contributed by atoms with Crippen LogP contribution >= 0.6 is 0 Å². The molecule has 1 rings (SSSR count). The number of aliphatic hydroxyl groups excluding tert-OH is 1. The van der Waals surface area contributed by atoms with Gasteiger partial charge in [0, 0.05) is 0 Å². The zero-order chi connectivity index (χ0) is 12.2. The third kappa shape index (κ3) is 2.33. The molecule has 0 bridgehead atoms. The average Bonchev–Trinajstić information content (AvgIpc) is 2.32. The fourth-order valence-corrected chi connectivity index (χ4v) is 1.45. The summed E-state index contributed by atoms with van der Waals surface area (Å²) in [6.45, 7) is 3.88. The van der Waals surface area contributed by atoms with Gasteiger partial charge < -0.3 is 21.1 Å². The summed E-state index contributed by atoms with van der Waals surface area (Å²) in [5.41, 5.74) is 4.79. The summed E-state index contributed by atoms with van der Waals surface area (Å²) in [5, 5.41) is 12.4. The van der Waals surface area contributed by atoms with E-state index in [4.69, 9.17) is 5.73 Å². The number of nitrogen functional groups attached to an aromatic ring is 1. The second kappa shape index (κ2) is 4.98. The van der Waals surface area contributed by atoms with Crippen LogP contribution in [0.4, 0.5) is 11.5 Å². The van der Waals surface area contributed by atoms with Crippen molar-refractivity contribution in [3.05, 3.63) is 16.7 Å². The van der Waals surface area contributed by atoms with Crippen molar-refractivity contribution in [2.75, 3.05) is 17.7 Å². The van der Waals surface area contributed by atoms with E-state index in [2.05, 4.69) is 15.3 Å². The third-order valence-electron chi connectivity index (χ3n) is 2.93. The number of hydrogen-bond donors (Lipinski definition) is 4. The highest BCUT2D eigenvalue weighted by atomic mass is 16.3. The topological polar surface area (TPSA) is 104 Å². The molecule has 0 spiro atoms. The predicted molar refractivity (Wildman–Crippen MR) is 63.3 cm³/mol. The van der Waals surface area contributed by atoms with Crippen molar-refractivity contribution in [1.29, 1.82) is 0 Å². The van der Waals surface area contributed by atoms with Crippen LogP contribution in [-0.2, 0) is 0 Å². The zero-order valence-corrected chi connectivity index (χ0v) is 9.58. The fraction of sp³-hybridized carbons (Fsp3) is 0.600. The van der Waals surface area contributed by atoms with Gasteiger partial charge in [-0.3, -0.25) is 4.79 Å². The number of nitrogens with zero attached hydrogens (tertiary/aromatic N) is 1. The van der Waals surface area contributed by atoms with E-state index in [9.17, 15) is 9.90 Å². The SMILES string of the molecule is CCC(CC)(CO)Nc1nc[nH]c(=O)c1N. The average molecular weight is 226 g/mol. The Kier molecular flexibility index (Phi) is 3.89. The molecule has 90 valence electrons. The highest BCUT2D eigenvalue weighted by molar-refractivity contribution is 5.60. The summed E-state index contributed by atoms with van der Waals surface area (Å²) in [6.07, 6.45) is 2.72. The van der Waals surface area contributed by atoms with E-state index in [1.807, 2.05) is 13.8 Å². The van der Waals surface area contributed by atoms with Gasteiger partial charge >= 0.3 is 0 Å². The summed E-state index contributed by atoms with van der Waals surface area (Å²) in [6, 6.07) is 0. The largest absolute Gasteiger partial charge is 0.394 e. The van der Waals surface area contributed by atoms with Gasteiger partial charge in [-0.2, -0.15) is 0 Å². The number of aliphatic hydroxyl groups is 1. The van der Waals surface area contributed by atoms with Gasteiger partial charge in [-0.15, -0.1) is 0 Å². The molecule has 5 N–H and O–H groups in total. The summed E-state index contributed by atoms with van der Waals surface area (Å²) >= 11 is 0. The molecular weight excluding hydrogens is 208 g/mol. The molecule has 1 aromatic rings. The van der Waals surface area contributed by atoms with Crippen molar-refractivity contribution in [2.24, 2.45) is 0 Å². The molecule has 0 unspecified atom stereocenters. The van der Waals surface area contributed by atoms with Crippen LogP contribution < -0.4 is 16.6 Å². The number of rotatable bonds is 5. The normalized spacial score (nSPS) is 11.4. The molecule has 0 atom stereocenters. The van der Waals surface area contributed by atoms with Crippen molar-refractivity contribution in [2.45, 2.75) is 32.2 Å². The lowest BCUT2D eigenvalue weighted by molar-refractivity contribution is 0.202. The number of aromatic amines is 1. The first-order chi connectivity index (χ1) is 7.58. The number of H-pyrrole nitrogens is 1. The molecule has 0 amide bonds. The minimum atomic E-state index is -0.477. The van der Waals surface area contributed by atoms with E-state index in [0.717, 1.165) is 0 Å². The van der Waals surface area contributed by atoms with Gasteiger partial charge in [-0.25, -0.2) is 4.98 Å². The van der Waals surface area contributed by atoms with Crippen LogP contribution in [0.25, 0.3) is 0 Å². The van der Waals surface area contributed by atoms with Crippen molar-refractivity contribution in [3.63, 3.8) is 0 Å². The Balaban J connectivity index is 3.03. The molecule has 0 saturated carbocycles. The van der Waals surface area contributed by atoms with E-state index in [1.165, 1.54) is 6.33 Å². The molecule has 0 radical (unpaired) electrons. The maximum Gasteiger partial charge on any atom is 0.276 e. The lowest BCUT2D eigenvalue weighted by Crippen LogP contribution is -2.41. The van der Waals surface area contributed by atoms with Crippen LogP contribution in [0.3, 0.4) is 0 Å². The monoisotopic (exact) mass is 226 g/mol. The summed E-state index contributed by atoms with van der Waals surface area (Å²) < 4.78 is 0. The van der Waals surface area contributed by atoms with Crippen molar-refractivity contribution in [3.8, 4) is 0 Å². The minimum Gasteiger partial charge on any atom is -0.394 e. The Hall–Kier alpha value is -1.56. The molecule has 1 heterocycles. The number of nitrogens with two attached hydrogens (primary N) is 1. The highest BCUT2D eigenvalue weighted by Crippen LogP contribution is 2.22. The molecular formula is C10H18N4O2. The van der Waals surface area contributed by atoms with Crippen LogP contribution in [0.5, 0.6) is 0 Å². The lowest BCUT2D eigenvalue weighted by atomic mass is 9.94. The molecule has 0 aliphatic carbocycles. The Bertz CT molecular complexity index is 390. The number of nitrogens with one attached hydrogen (secondary N) is 2. The van der Waals surface area contributed by atoms with E-state index >= 15 is 0 Å². The van der Waals surface area contributed by atoms with Gasteiger partial charge in [0.05, 0.1) is 18.5 Å². The number of hydrogen-bond acceptors (Lipinski definition) is 5. The zero-order valence-electron chi connectivity index (χ0n) is 9.58.